The molecular weight excluding hydrogens is 244 g/mol. The Morgan fingerprint density at radius 2 is 1.95 bits per heavy atom. The van der Waals surface area contributed by atoms with Crippen LogP contribution in [0, 0.1) is 5.41 Å². The van der Waals surface area contributed by atoms with Crippen molar-refractivity contribution in [3.63, 3.8) is 0 Å². The van der Waals surface area contributed by atoms with Crippen LogP contribution in [0.25, 0.3) is 0 Å². The first-order chi connectivity index (χ1) is 8.54. The molecule has 0 bridgehead atoms. The number of rotatable bonds is 3. The molecule has 1 rings (SSSR count). The number of carboxylic acids is 1. The first-order valence-corrected chi connectivity index (χ1v) is 6.82. The summed E-state index contributed by atoms with van der Waals surface area (Å²) in [7, 11) is 0. The van der Waals surface area contributed by atoms with Crippen LogP contribution >= 0.6 is 0 Å². The lowest BCUT2D eigenvalue weighted by molar-refractivity contribution is -0.158. The minimum absolute atomic E-state index is 0.130. The number of amides is 1. The van der Waals surface area contributed by atoms with Crippen LogP contribution in [0.3, 0.4) is 0 Å². The average Bonchev–Trinajstić information content (AvgIpc) is 2.22. The zero-order valence-electron chi connectivity index (χ0n) is 12.6. The van der Waals surface area contributed by atoms with Gasteiger partial charge < -0.3 is 15.3 Å². The van der Waals surface area contributed by atoms with Gasteiger partial charge in [-0.1, -0.05) is 13.8 Å². The van der Waals surface area contributed by atoms with Crippen LogP contribution in [0.4, 0.5) is 0 Å². The molecule has 0 spiro atoms. The zero-order valence-corrected chi connectivity index (χ0v) is 12.6. The van der Waals surface area contributed by atoms with E-state index in [9.17, 15) is 14.7 Å². The molecule has 0 radical (unpaired) electrons. The average molecular weight is 270 g/mol. The van der Waals surface area contributed by atoms with E-state index < -0.39 is 12.0 Å². The number of carbonyl (C=O) groups is 2. The number of nitrogens with zero attached hydrogens (tertiary/aromatic N) is 1. The lowest BCUT2D eigenvalue weighted by Gasteiger charge is -2.44. The Morgan fingerprint density at radius 1 is 1.37 bits per heavy atom. The lowest BCUT2D eigenvalue weighted by Crippen LogP contribution is -2.58. The minimum atomic E-state index is -0.909. The highest BCUT2D eigenvalue weighted by Crippen LogP contribution is 2.35. The number of piperidine rings is 1. The van der Waals surface area contributed by atoms with Crippen molar-refractivity contribution in [3.8, 4) is 0 Å². The van der Waals surface area contributed by atoms with Crippen LogP contribution in [0.5, 0.6) is 0 Å². The molecule has 1 saturated heterocycles. The van der Waals surface area contributed by atoms with Crippen molar-refractivity contribution in [2.45, 2.75) is 59.0 Å². The van der Waals surface area contributed by atoms with Crippen molar-refractivity contribution < 1.29 is 14.7 Å². The number of nitrogens with one attached hydrogen (secondary N) is 1. The normalized spacial score (nSPS) is 23.2. The molecule has 1 heterocycles. The fraction of sp³-hybridized carbons (Fsp3) is 0.857. The molecule has 0 aromatic carbocycles. The van der Waals surface area contributed by atoms with E-state index in [0.717, 1.165) is 12.8 Å². The van der Waals surface area contributed by atoms with Crippen molar-refractivity contribution in [1.29, 1.82) is 0 Å². The van der Waals surface area contributed by atoms with E-state index in [-0.39, 0.29) is 23.4 Å². The summed E-state index contributed by atoms with van der Waals surface area (Å²) >= 11 is 0. The van der Waals surface area contributed by atoms with Crippen molar-refractivity contribution in [2.75, 3.05) is 13.1 Å². The van der Waals surface area contributed by atoms with E-state index in [4.69, 9.17) is 0 Å². The van der Waals surface area contributed by atoms with Crippen LogP contribution in [0.1, 0.15) is 47.5 Å². The number of likely N-dealkylation sites (tertiary alicyclic amines) is 1. The molecule has 5 heteroatoms. The third kappa shape index (κ3) is 4.20. The maximum atomic E-state index is 12.2. The SMILES string of the molecule is CC(C)(C)NCC(=O)N1CCCC(C)(C)C1C(=O)O. The molecule has 5 nitrogen and oxygen atoms in total. The molecule has 1 aliphatic heterocycles. The van der Waals surface area contributed by atoms with E-state index in [1.54, 1.807) is 0 Å². The Kier molecular flexibility index (Phi) is 4.61. The number of hydrogen-bond acceptors (Lipinski definition) is 3. The van der Waals surface area contributed by atoms with Crippen LogP contribution < -0.4 is 5.32 Å². The van der Waals surface area contributed by atoms with E-state index in [1.165, 1.54) is 4.90 Å². The second kappa shape index (κ2) is 5.49. The Morgan fingerprint density at radius 3 is 2.42 bits per heavy atom. The van der Waals surface area contributed by atoms with Gasteiger partial charge >= 0.3 is 5.97 Å². The summed E-state index contributed by atoms with van der Waals surface area (Å²) in [6, 6.07) is -0.726. The van der Waals surface area contributed by atoms with Gasteiger partial charge in [0.15, 0.2) is 0 Å². The van der Waals surface area contributed by atoms with Crippen molar-refractivity contribution in [3.05, 3.63) is 0 Å². The Bertz CT molecular complexity index is 358. The van der Waals surface area contributed by atoms with Crippen LogP contribution in [-0.2, 0) is 9.59 Å². The summed E-state index contributed by atoms with van der Waals surface area (Å²) in [5.74, 6) is -1.04. The predicted molar refractivity (Wildman–Crippen MR) is 73.9 cm³/mol. The molecule has 19 heavy (non-hydrogen) atoms. The monoisotopic (exact) mass is 270 g/mol. The standard InChI is InChI=1S/C14H26N2O3/c1-13(2,3)15-9-10(17)16-8-6-7-14(4,5)11(16)12(18)19/h11,15H,6-9H2,1-5H3,(H,18,19). The molecule has 0 aliphatic carbocycles. The van der Waals surface area contributed by atoms with Crippen LogP contribution in [0.15, 0.2) is 0 Å². The summed E-state index contributed by atoms with van der Waals surface area (Å²) < 4.78 is 0. The van der Waals surface area contributed by atoms with E-state index in [1.807, 2.05) is 34.6 Å². The molecule has 0 aromatic rings. The lowest BCUT2D eigenvalue weighted by atomic mass is 9.76. The highest BCUT2D eigenvalue weighted by molar-refractivity contribution is 5.85. The van der Waals surface area contributed by atoms with Crippen molar-refractivity contribution in [1.82, 2.24) is 10.2 Å². The van der Waals surface area contributed by atoms with Gasteiger partial charge in [0.25, 0.3) is 0 Å². The maximum Gasteiger partial charge on any atom is 0.326 e. The second-order valence-corrected chi connectivity index (χ2v) is 7.02. The van der Waals surface area contributed by atoms with Gasteiger partial charge in [0.05, 0.1) is 6.54 Å². The first-order valence-electron chi connectivity index (χ1n) is 6.82. The molecule has 1 fully saturated rings. The molecule has 2 N–H and O–H groups in total. The third-order valence-corrected chi connectivity index (χ3v) is 3.60. The Hall–Kier alpha value is -1.10. The Balaban J connectivity index is 2.79. The predicted octanol–water partition coefficient (Wildman–Crippen LogP) is 1.48. The summed E-state index contributed by atoms with van der Waals surface area (Å²) in [6.07, 6.45) is 1.69. The first kappa shape index (κ1) is 16.0. The van der Waals surface area contributed by atoms with Gasteiger partial charge in [0.1, 0.15) is 6.04 Å². The number of hydrogen-bond donors (Lipinski definition) is 2. The molecule has 1 atom stereocenters. The van der Waals surface area contributed by atoms with Gasteiger partial charge in [-0.05, 0) is 39.0 Å². The van der Waals surface area contributed by atoms with Gasteiger partial charge in [0, 0.05) is 12.1 Å². The number of carboxylic acid groups (broad SMARTS) is 1. The van der Waals surface area contributed by atoms with Crippen molar-refractivity contribution >= 4 is 11.9 Å². The summed E-state index contributed by atoms with van der Waals surface area (Å²) in [5.41, 5.74) is -0.527. The molecule has 1 aliphatic rings. The van der Waals surface area contributed by atoms with Gasteiger partial charge in [-0.25, -0.2) is 4.79 Å². The molecule has 1 amide bonds. The smallest absolute Gasteiger partial charge is 0.326 e. The van der Waals surface area contributed by atoms with E-state index in [2.05, 4.69) is 5.32 Å². The quantitative estimate of drug-likeness (QED) is 0.815. The van der Waals surface area contributed by atoms with Gasteiger partial charge in [0.2, 0.25) is 5.91 Å². The fourth-order valence-corrected chi connectivity index (χ4v) is 2.57. The fourth-order valence-electron chi connectivity index (χ4n) is 2.57. The highest BCUT2D eigenvalue weighted by Gasteiger charge is 2.44. The maximum absolute atomic E-state index is 12.2. The topological polar surface area (TPSA) is 69.6 Å². The van der Waals surface area contributed by atoms with Gasteiger partial charge in [-0.3, -0.25) is 4.79 Å². The largest absolute Gasteiger partial charge is 0.480 e. The van der Waals surface area contributed by atoms with Gasteiger partial charge in [-0.2, -0.15) is 0 Å². The van der Waals surface area contributed by atoms with Crippen LogP contribution in [0.2, 0.25) is 0 Å². The van der Waals surface area contributed by atoms with E-state index in [0.29, 0.717) is 6.54 Å². The molecule has 110 valence electrons. The Labute approximate surface area is 115 Å². The highest BCUT2D eigenvalue weighted by atomic mass is 16.4. The second-order valence-electron chi connectivity index (χ2n) is 7.02. The van der Waals surface area contributed by atoms with Gasteiger partial charge in [-0.15, -0.1) is 0 Å². The summed E-state index contributed by atoms with van der Waals surface area (Å²) in [6.45, 7) is 10.5. The summed E-state index contributed by atoms with van der Waals surface area (Å²) in [4.78, 5) is 25.2. The zero-order chi connectivity index (χ0) is 14.8. The van der Waals surface area contributed by atoms with Crippen LogP contribution in [-0.4, -0.2) is 46.6 Å². The molecule has 1 unspecified atom stereocenters. The summed E-state index contributed by atoms with van der Waals surface area (Å²) in [5, 5.41) is 12.5. The molecule has 0 aromatic heterocycles. The minimum Gasteiger partial charge on any atom is -0.480 e. The third-order valence-electron chi connectivity index (χ3n) is 3.60. The van der Waals surface area contributed by atoms with Crippen molar-refractivity contribution in [2.24, 2.45) is 5.41 Å². The molecular formula is C14H26N2O3. The molecule has 0 saturated carbocycles. The number of aliphatic carboxylic acids is 1. The van der Waals surface area contributed by atoms with E-state index >= 15 is 0 Å². The number of carbonyl (C=O) groups excluding carboxylic acids is 1.